The predicted octanol–water partition coefficient (Wildman–Crippen LogP) is 4.21. The van der Waals surface area contributed by atoms with Crippen LogP contribution < -0.4 is 14.4 Å². The molecule has 0 aromatic heterocycles. The Labute approximate surface area is 216 Å². The molecule has 3 aromatic carbocycles. The van der Waals surface area contributed by atoms with Crippen LogP contribution in [0.2, 0.25) is 5.02 Å². The fourth-order valence-electron chi connectivity index (χ4n) is 4.64. The van der Waals surface area contributed by atoms with E-state index in [4.69, 9.17) is 16.3 Å². The number of nitrogens with zero attached hydrogens (tertiary/aromatic N) is 2. The third-order valence-electron chi connectivity index (χ3n) is 6.49. The van der Waals surface area contributed by atoms with E-state index in [1.807, 2.05) is 12.1 Å². The molecule has 1 N–H and O–H groups in total. The molecule has 188 valence electrons. The fraction of sp³-hybridized carbons (Fsp3) is 0.296. The highest BCUT2D eigenvalue weighted by Gasteiger charge is 2.37. The normalized spacial score (nSPS) is 17.9. The summed E-state index contributed by atoms with van der Waals surface area (Å²) < 4.78 is 34.1. The van der Waals surface area contributed by atoms with Crippen molar-refractivity contribution in [3.8, 4) is 5.75 Å². The molecule has 0 unspecified atom stereocenters. The largest absolute Gasteiger partial charge is 0.476 e. The van der Waals surface area contributed by atoms with E-state index in [1.165, 1.54) is 47.0 Å². The van der Waals surface area contributed by atoms with Crippen molar-refractivity contribution < 1.29 is 17.9 Å². The summed E-state index contributed by atoms with van der Waals surface area (Å²) >= 11 is 5.95. The highest BCUT2D eigenvalue weighted by molar-refractivity contribution is 7.92. The number of halogens is 1. The number of carbonyl (C=O) groups is 1. The Hall–Kier alpha value is -3.07. The minimum Gasteiger partial charge on any atom is -0.476 e. The van der Waals surface area contributed by atoms with Gasteiger partial charge in [-0.1, -0.05) is 48.0 Å². The maximum Gasteiger partial charge on any atom is 0.264 e. The van der Waals surface area contributed by atoms with E-state index in [9.17, 15) is 13.2 Å². The number of likely N-dealkylation sites (tertiary alicyclic amines) is 1. The van der Waals surface area contributed by atoms with Crippen LogP contribution in [0, 0.1) is 0 Å². The van der Waals surface area contributed by atoms with E-state index in [1.54, 1.807) is 24.3 Å². The number of hydrogen-bond donors (Lipinski definition) is 1. The molecule has 0 bridgehead atoms. The van der Waals surface area contributed by atoms with Crippen molar-refractivity contribution in [3.63, 3.8) is 0 Å². The molecule has 0 radical (unpaired) electrons. The van der Waals surface area contributed by atoms with Crippen molar-refractivity contribution >= 4 is 33.2 Å². The van der Waals surface area contributed by atoms with Crippen molar-refractivity contribution in [1.29, 1.82) is 0 Å². The second kappa shape index (κ2) is 10.5. The smallest absolute Gasteiger partial charge is 0.264 e. The van der Waals surface area contributed by atoms with Crippen molar-refractivity contribution in [3.05, 3.63) is 88.9 Å². The zero-order chi connectivity index (χ0) is 25.1. The Bertz CT molecular complexity index is 1340. The van der Waals surface area contributed by atoms with Crippen LogP contribution in [0.1, 0.15) is 24.0 Å². The second-order valence-corrected chi connectivity index (χ2v) is 11.4. The fourth-order valence-corrected chi connectivity index (χ4v) is 6.24. The van der Waals surface area contributed by atoms with E-state index in [0.29, 0.717) is 23.0 Å². The Morgan fingerprint density at radius 1 is 0.972 bits per heavy atom. The molecule has 9 heteroatoms. The number of fused-ring (bicyclic) bond motifs is 1. The van der Waals surface area contributed by atoms with Gasteiger partial charge in [-0.05, 0) is 73.5 Å². The van der Waals surface area contributed by atoms with E-state index >= 15 is 0 Å². The van der Waals surface area contributed by atoms with Crippen LogP contribution in [0.5, 0.6) is 5.75 Å². The van der Waals surface area contributed by atoms with Crippen molar-refractivity contribution in [1.82, 2.24) is 10.2 Å². The number of ether oxygens (including phenoxy) is 1. The first-order chi connectivity index (χ1) is 17.4. The van der Waals surface area contributed by atoms with Crippen LogP contribution in [0.4, 0.5) is 5.69 Å². The molecule has 1 fully saturated rings. The average Bonchev–Trinajstić information content (AvgIpc) is 3.40. The van der Waals surface area contributed by atoms with Crippen LogP contribution >= 0.6 is 11.6 Å². The van der Waals surface area contributed by atoms with Gasteiger partial charge in [0.1, 0.15) is 5.75 Å². The number of hydrogen-bond acceptors (Lipinski definition) is 5. The van der Waals surface area contributed by atoms with Crippen LogP contribution in [0.15, 0.2) is 77.7 Å². The SMILES string of the molecule is O=C(NCc1cccc(CN2CCCC2)c1)[C@H]1CN(S(=O)(=O)c2ccc(Cl)cc2)c2ccccc2O1. The molecule has 0 spiro atoms. The number of rotatable bonds is 7. The summed E-state index contributed by atoms with van der Waals surface area (Å²) in [5.41, 5.74) is 2.60. The first-order valence-electron chi connectivity index (χ1n) is 12.0. The standard InChI is InChI=1S/C27H28ClN3O4S/c28-22-10-12-23(13-11-22)36(33,34)31-19-26(35-25-9-2-1-8-24(25)31)27(32)29-17-20-6-5-7-21(16-20)18-30-14-3-4-15-30/h1-2,5-13,16,26H,3-4,14-15,17-19H2,(H,29,32)/t26-/m1/s1. The first kappa shape index (κ1) is 24.6. The Kier molecular flexibility index (Phi) is 7.18. The van der Waals surface area contributed by atoms with Crippen molar-refractivity contribution in [2.24, 2.45) is 0 Å². The van der Waals surface area contributed by atoms with Crippen LogP contribution in [-0.4, -0.2) is 45.0 Å². The van der Waals surface area contributed by atoms with Gasteiger partial charge in [0.15, 0.2) is 6.10 Å². The number of carbonyl (C=O) groups excluding carboxylic acids is 1. The van der Waals surface area contributed by atoms with Gasteiger partial charge in [-0.25, -0.2) is 8.42 Å². The highest BCUT2D eigenvalue weighted by atomic mass is 35.5. The summed E-state index contributed by atoms with van der Waals surface area (Å²) in [7, 11) is -3.93. The maximum absolute atomic E-state index is 13.5. The zero-order valence-corrected chi connectivity index (χ0v) is 21.3. The van der Waals surface area contributed by atoms with E-state index in [2.05, 4.69) is 22.3 Å². The molecule has 1 saturated heterocycles. The number of sulfonamides is 1. The molecule has 3 aromatic rings. The van der Waals surface area contributed by atoms with Gasteiger partial charge < -0.3 is 10.1 Å². The molecular formula is C27H28ClN3O4S. The Balaban J connectivity index is 1.31. The highest BCUT2D eigenvalue weighted by Crippen LogP contribution is 2.37. The van der Waals surface area contributed by atoms with Gasteiger partial charge in [0.25, 0.3) is 15.9 Å². The lowest BCUT2D eigenvalue weighted by molar-refractivity contribution is -0.127. The Morgan fingerprint density at radius 3 is 2.47 bits per heavy atom. The molecule has 5 rings (SSSR count). The van der Waals surface area contributed by atoms with Gasteiger partial charge in [-0.3, -0.25) is 14.0 Å². The molecule has 1 atom stereocenters. The van der Waals surface area contributed by atoms with Gasteiger partial charge in [-0.15, -0.1) is 0 Å². The van der Waals surface area contributed by atoms with Gasteiger partial charge >= 0.3 is 0 Å². The van der Waals surface area contributed by atoms with E-state index < -0.39 is 16.1 Å². The topological polar surface area (TPSA) is 79.0 Å². The van der Waals surface area contributed by atoms with Crippen LogP contribution in [-0.2, 0) is 27.9 Å². The molecule has 36 heavy (non-hydrogen) atoms. The van der Waals surface area contributed by atoms with Gasteiger partial charge in [0.2, 0.25) is 0 Å². The van der Waals surface area contributed by atoms with Crippen molar-refractivity contribution in [2.75, 3.05) is 23.9 Å². The lowest BCUT2D eigenvalue weighted by Gasteiger charge is -2.34. The Morgan fingerprint density at radius 2 is 1.69 bits per heavy atom. The first-order valence-corrected chi connectivity index (χ1v) is 13.8. The summed E-state index contributed by atoms with van der Waals surface area (Å²) in [5, 5.41) is 3.37. The summed E-state index contributed by atoms with van der Waals surface area (Å²) in [6, 6.07) is 21.0. The predicted molar refractivity (Wildman–Crippen MR) is 140 cm³/mol. The summed E-state index contributed by atoms with van der Waals surface area (Å²) in [6.07, 6.45) is 1.49. The maximum atomic E-state index is 13.5. The van der Waals surface area contributed by atoms with Crippen LogP contribution in [0.3, 0.4) is 0 Å². The molecule has 2 heterocycles. The van der Waals surface area contributed by atoms with Gasteiger partial charge in [0, 0.05) is 18.1 Å². The zero-order valence-electron chi connectivity index (χ0n) is 19.8. The van der Waals surface area contributed by atoms with E-state index in [-0.39, 0.29) is 17.3 Å². The second-order valence-electron chi connectivity index (χ2n) is 9.09. The molecular weight excluding hydrogens is 498 g/mol. The lowest BCUT2D eigenvalue weighted by Crippen LogP contribution is -2.50. The third-order valence-corrected chi connectivity index (χ3v) is 8.54. The molecule has 0 saturated carbocycles. The van der Waals surface area contributed by atoms with Crippen LogP contribution in [0.25, 0.3) is 0 Å². The quantitative estimate of drug-likeness (QED) is 0.500. The number of anilines is 1. The molecule has 2 aliphatic heterocycles. The summed E-state index contributed by atoms with van der Waals surface area (Å²) in [4.78, 5) is 15.6. The summed E-state index contributed by atoms with van der Waals surface area (Å²) in [5.74, 6) is -0.0280. The molecule has 2 aliphatic rings. The van der Waals surface area contributed by atoms with E-state index in [0.717, 1.165) is 25.2 Å². The van der Waals surface area contributed by atoms with Crippen molar-refractivity contribution in [2.45, 2.75) is 36.9 Å². The summed E-state index contributed by atoms with van der Waals surface area (Å²) in [6.45, 7) is 3.34. The minimum absolute atomic E-state index is 0.0950. The third kappa shape index (κ3) is 5.36. The average molecular weight is 526 g/mol. The number of amides is 1. The molecule has 1 amide bonds. The number of benzene rings is 3. The van der Waals surface area contributed by atoms with Gasteiger partial charge in [-0.2, -0.15) is 0 Å². The number of nitrogens with one attached hydrogen (secondary N) is 1. The number of para-hydroxylation sites is 2. The molecule has 0 aliphatic carbocycles. The van der Waals surface area contributed by atoms with Gasteiger partial charge in [0.05, 0.1) is 17.1 Å². The monoisotopic (exact) mass is 525 g/mol. The lowest BCUT2D eigenvalue weighted by atomic mass is 10.1. The molecule has 7 nitrogen and oxygen atoms in total. The minimum atomic E-state index is -3.93.